The molecule has 2 fully saturated rings. The summed E-state index contributed by atoms with van der Waals surface area (Å²) in [5, 5.41) is 13.8. The van der Waals surface area contributed by atoms with Crippen molar-refractivity contribution in [2.45, 2.75) is 86.5 Å². The van der Waals surface area contributed by atoms with Gasteiger partial charge in [-0.2, -0.15) is 35.9 Å². The van der Waals surface area contributed by atoms with Crippen molar-refractivity contribution in [2.24, 2.45) is 10.2 Å². The lowest BCUT2D eigenvalue weighted by molar-refractivity contribution is 0.118. The predicted octanol–water partition coefficient (Wildman–Crippen LogP) is 8.99. The Morgan fingerprint density at radius 1 is 0.483 bits per heavy atom. The van der Waals surface area contributed by atoms with E-state index in [9.17, 15) is 16.8 Å². The SMILES string of the molecule is Cc1ccc(S(=O)(=O)N2N=C(c3ccc4ccccc4c3)C[C@]2(C)[C@]2(C)CO2)cc1.Cc1ccc(S(=O)(=O)N2N=C(c3ccc4ccccc4c3)C[C@]2(C)[C@]2(C)CO2)cc1. The fourth-order valence-corrected chi connectivity index (χ4v) is 11.6. The van der Waals surface area contributed by atoms with Gasteiger partial charge in [-0.15, -0.1) is 0 Å². The Bertz CT molecular complexity index is 2760. The lowest BCUT2D eigenvalue weighted by atomic mass is 9.83. The quantitative estimate of drug-likeness (QED) is 0.141. The van der Waals surface area contributed by atoms with E-state index in [-0.39, 0.29) is 9.79 Å². The zero-order chi connectivity index (χ0) is 42.3. The molecular formula is C48H48N4O6S2. The van der Waals surface area contributed by atoms with Crippen molar-refractivity contribution in [3.63, 3.8) is 0 Å². The molecule has 0 bridgehead atoms. The lowest BCUT2D eigenvalue weighted by Gasteiger charge is -2.36. The number of ether oxygens (including phenoxy) is 2. The Labute approximate surface area is 352 Å². The van der Waals surface area contributed by atoms with Crippen molar-refractivity contribution in [3.05, 3.63) is 156 Å². The zero-order valence-electron chi connectivity index (χ0n) is 34.6. The summed E-state index contributed by atoms with van der Waals surface area (Å²) in [6.07, 6.45) is 0.986. The van der Waals surface area contributed by atoms with Crippen LogP contribution in [-0.4, -0.2) is 72.6 Å². The highest BCUT2D eigenvalue weighted by molar-refractivity contribution is 7.89. The molecule has 0 N–H and O–H groups in total. The molecule has 60 heavy (non-hydrogen) atoms. The van der Waals surface area contributed by atoms with Crippen molar-refractivity contribution in [1.82, 2.24) is 8.83 Å². The number of hydrogen-bond acceptors (Lipinski definition) is 8. The van der Waals surface area contributed by atoms with Gasteiger partial charge in [0.05, 0.1) is 34.4 Å². The molecule has 6 aromatic carbocycles. The van der Waals surface area contributed by atoms with Crippen LogP contribution in [0.4, 0.5) is 0 Å². The molecule has 0 saturated carbocycles. The molecule has 308 valence electrons. The predicted molar refractivity (Wildman–Crippen MR) is 236 cm³/mol. The van der Waals surface area contributed by atoms with Crippen LogP contribution in [-0.2, 0) is 29.5 Å². The van der Waals surface area contributed by atoms with Crippen molar-refractivity contribution >= 4 is 53.0 Å². The summed E-state index contributed by atoms with van der Waals surface area (Å²) < 4.78 is 68.4. The molecule has 4 heterocycles. The third-order valence-electron chi connectivity index (χ3n) is 13.0. The number of aryl methyl sites for hydroxylation is 2. The summed E-state index contributed by atoms with van der Waals surface area (Å²) >= 11 is 0. The highest BCUT2D eigenvalue weighted by atomic mass is 32.2. The fourth-order valence-electron chi connectivity index (χ4n) is 8.23. The molecule has 12 heteroatoms. The zero-order valence-corrected chi connectivity index (χ0v) is 36.2. The monoisotopic (exact) mass is 840 g/mol. The Morgan fingerprint density at radius 3 is 1.15 bits per heavy atom. The molecule has 10 nitrogen and oxygen atoms in total. The topological polar surface area (TPSA) is 125 Å². The van der Waals surface area contributed by atoms with E-state index in [1.54, 1.807) is 24.3 Å². The van der Waals surface area contributed by atoms with Gasteiger partial charge < -0.3 is 9.47 Å². The van der Waals surface area contributed by atoms with Crippen LogP contribution in [0.1, 0.15) is 62.8 Å². The Morgan fingerprint density at radius 2 is 0.817 bits per heavy atom. The van der Waals surface area contributed by atoms with Crippen LogP contribution in [0.15, 0.2) is 153 Å². The first kappa shape index (κ1) is 40.0. The van der Waals surface area contributed by atoms with E-state index >= 15 is 0 Å². The normalized spacial score (nSPS) is 26.1. The van der Waals surface area contributed by atoms with Crippen LogP contribution in [0.2, 0.25) is 0 Å². The van der Waals surface area contributed by atoms with E-state index in [0.29, 0.717) is 26.1 Å². The van der Waals surface area contributed by atoms with Gasteiger partial charge in [-0.05, 0) is 111 Å². The van der Waals surface area contributed by atoms with Crippen molar-refractivity contribution < 1.29 is 26.3 Å². The minimum Gasteiger partial charge on any atom is -0.367 e. The number of hydrogen-bond donors (Lipinski definition) is 0. The summed E-state index contributed by atoms with van der Waals surface area (Å²) in [5.74, 6) is 0. The second-order valence-electron chi connectivity index (χ2n) is 17.3. The van der Waals surface area contributed by atoms with Crippen molar-refractivity contribution in [1.29, 1.82) is 0 Å². The molecule has 0 amide bonds. The van der Waals surface area contributed by atoms with Gasteiger partial charge in [0.1, 0.15) is 22.3 Å². The lowest BCUT2D eigenvalue weighted by Crippen LogP contribution is -2.53. The molecule has 4 atom stereocenters. The van der Waals surface area contributed by atoms with Gasteiger partial charge in [0.15, 0.2) is 0 Å². The summed E-state index contributed by atoms with van der Waals surface area (Å²) in [6.45, 7) is 12.7. The first-order valence-electron chi connectivity index (χ1n) is 20.1. The Hall–Kier alpha value is -5.40. The number of epoxide rings is 2. The van der Waals surface area contributed by atoms with Crippen molar-refractivity contribution in [2.75, 3.05) is 13.2 Å². The number of hydrazone groups is 2. The first-order chi connectivity index (χ1) is 28.5. The van der Waals surface area contributed by atoms with Gasteiger partial charge in [0.2, 0.25) is 0 Å². The van der Waals surface area contributed by atoms with Crippen molar-refractivity contribution in [3.8, 4) is 0 Å². The standard InChI is InChI=1S/2C24H24N2O3S/c2*1-17-8-12-21(13-9-17)30(27,28)26-23(2,24(3)16-29-24)15-22(25-26)20-11-10-18-6-4-5-7-19(18)14-20/h2*4-14H,15-16H2,1-3H3/t2*23-,24+/m11/s1. The third-order valence-corrected chi connectivity index (χ3v) is 16.6. The second-order valence-corrected chi connectivity index (χ2v) is 20.8. The van der Waals surface area contributed by atoms with Crippen LogP contribution >= 0.6 is 0 Å². The van der Waals surface area contributed by atoms with Gasteiger partial charge in [0, 0.05) is 12.8 Å². The van der Waals surface area contributed by atoms with Gasteiger partial charge >= 0.3 is 0 Å². The maximum absolute atomic E-state index is 13.6. The minimum absolute atomic E-state index is 0.243. The number of fused-ring (bicyclic) bond motifs is 2. The summed E-state index contributed by atoms with van der Waals surface area (Å²) in [5.41, 5.74) is 2.70. The summed E-state index contributed by atoms with van der Waals surface area (Å²) in [7, 11) is -7.65. The molecule has 0 radical (unpaired) electrons. The van der Waals surface area contributed by atoms with E-state index in [4.69, 9.17) is 9.47 Å². The highest BCUT2D eigenvalue weighted by Gasteiger charge is 2.65. The molecule has 0 spiro atoms. The molecule has 4 aliphatic heterocycles. The van der Waals surface area contributed by atoms with Crippen LogP contribution in [0.3, 0.4) is 0 Å². The summed E-state index contributed by atoms with van der Waals surface area (Å²) in [6, 6.07) is 42.3. The summed E-state index contributed by atoms with van der Waals surface area (Å²) in [4.78, 5) is 0.485. The van der Waals surface area contributed by atoms with Crippen LogP contribution in [0, 0.1) is 13.8 Å². The molecule has 6 aromatic rings. The van der Waals surface area contributed by atoms with E-state index in [1.165, 1.54) is 8.83 Å². The molecule has 10 rings (SSSR count). The van der Waals surface area contributed by atoms with Gasteiger partial charge in [-0.25, -0.2) is 0 Å². The Kier molecular flexibility index (Phi) is 9.40. The average Bonchev–Trinajstić information content (AvgIpc) is 4.11. The second kappa shape index (κ2) is 14.1. The number of sulfonamides is 2. The molecule has 0 aliphatic carbocycles. The number of rotatable bonds is 8. The van der Waals surface area contributed by atoms with E-state index in [0.717, 1.165) is 55.2 Å². The smallest absolute Gasteiger partial charge is 0.279 e. The Balaban J connectivity index is 0.000000154. The third kappa shape index (κ3) is 6.70. The maximum atomic E-state index is 13.6. The van der Waals surface area contributed by atoms with Crippen LogP contribution in [0.25, 0.3) is 21.5 Å². The number of benzene rings is 6. The molecule has 2 saturated heterocycles. The average molecular weight is 841 g/mol. The van der Waals surface area contributed by atoms with E-state index in [2.05, 4.69) is 58.7 Å². The van der Waals surface area contributed by atoms with Crippen LogP contribution < -0.4 is 0 Å². The fraction of sp³-hybridized carbons (Fsp3) is 0.292. The minimum atomic E-state index is -3.82. The van der Waals surface area contributed by atoms with E-state index in [1.807, 2.05) is 102 Å². The first-order valence-corrected chi connectivity index (χ1v) is 23.0. The van der Waals surface area contributed by atoms with Gasteiger partial charge in [-0.3, -0.25) is 0 Å². The van der Waals surface area contributed by atoms with Gasteiger partial charge in [0.25, 0.3) is 20.0 Å². The van der Waals surface area contributed by atoms with Crippen LogP contribution in [0.5, 0.6) is 0 Å². The van der Waals surface area contributed by atoms with Gasteiger partial charge in [-0.1, -0.05) is 108 Å². The number of nitrogens with zero attached hydrogens (tertiary/aromatic N) is 4. The molecular weight excluding hydrogens is 793 g/mol. The highest BCUT2D eigenvalue weighted by Crippen LogP contribution is 2.51. The molecule has 0 unspecified atom stereocenters. The largest absolute Gasteiger partial charge is 0.367 e. The van der Waals surface area contributed by atoms with E-state index < -0.39 is 42.3 Å². The molecule has 0 aromatic heterocycles. The maximum Gasteiger partial charge on any atom is 0.279 e. The molecule has 4 aliphatic rings.